The number of rotatable bonds is 6. The summed E-state index contributed by atoms with van der Waals surface area (Å²) in [5.74, 6) is 4.05. The van der Waals surface area contributed by atoms with E-state index in [0.29, 0.717) is 12.3 Å². The summed E-state index contributed by atoms with van der Waals surface area (Å²) in [6.07, 6.45) is 2.11. The van der Waals surface area contributed by atoms with Crippen molar-refractivity contribution in [2.75, 3.05) is 0 Å². The van der Waals surface area contributed by atoms with E-state index in [1.165, 1.54) is 24.2 Å². The van der Waals surface area contributed by atoms with Crippen molar-refractivity contribution in [2.45, 2.75) is 63.3 Å². The Kier molecular flexibility index (Phi) is 8.55. The Morgan fingerprint density at radius 2 is 2.00 bits per heavy atom. The average Bonchev–Trinajstić information content (AvgIpc) is 2.61. The zero-order valence-corrected chi connectivity index (χ0v) is 17.0. The van der Waals surface area contributed by atoms with Gasteiger partial charge in [0, 0.05) is 14.4 Å². The second-order valence-electron chi connectivity index (χ2n) is 7.31. The summed E-state index contributed by atoms with van der Waals surface area (Å²) in [5.41, 5.74) is 0.287. The summed E-state index contributed by atoms with van der Waals surface area (Å²) in [4.78, 5) is 0. The highest BCUT2D eigenvalue weighted by Crippen LogP contribution is 2.29. The number of allylic oxidation sites excluding steroid dienone is 2. The number of halogens is 5. The molecule has 1 aliphatic rings. The van der Waals surface area contributed by atoms with Gasteiger partial charge in [0.2, 0.25) is 0 Å². The van der Waals surface area contributed by atoms with Gasteiger partial charge in [0.05, 0.1) is 6.17 Å². The van der Waals surface area contributed by atoms with Gasteiger partial charge < -0.3 is 4.74 Å². The summed E-state index contributed by atoms with van der Waals surface area (Å²) in [7, 11) is -0.710. The van der Waals surface area contributed by atoms with E-state index in [9.17, 15) is 22.0 Å². The van der Waals surface area contributed by atoms with Crippen molar-refractivity contribution in [2.24, 2.45) is 5.92 Å². The van der Waals surface area contributed by atoms with Gasteiger partial charge in [0.25, 0.3) is 0 Å². The maximum atomic E-state index is 13.6. The third kappa shape index (κ3) is 8.47. The molecular weight excluding hydrogens is 391 g/mol. The molecule has 0 spiro atoms. The Labute approximate surface area is 164 Å². The summed E-state index contributed by atoms with van der Waals surface area (Å²) >= 11 is 0. The first-order valence-electron chi connectivity index (χ1n) is 9.60. The molecule has 1 saturated heterocycles. The van der Waals surface area contributed by atoms with E-state index in [0.717, 1.165) is 31.4 Å². The van der Waals surface area contributed by atoms with E-state index < -0.39 is 32.9 Å². The fraction of sp³-hybridized carbons (Fsp3) is 0.524. The first-order valence-corrected chi connectivity index (χ1v) is 12.1. The fourth-order valence-electron chi connectivity index (χ4n) is 3.45. The normalized spacial score (nSPS) is 21.2. The molecule has 1 aliphatic heterocycles. The molecule has 28 heavy (non-hydrogen) atoms. The first kappa shape index (κ1) is 22.5. The van der Waals surface area contributed by atoms with Crippen LogP contribution < -0.4 is 4.74 Å². The molecule has 0 saturated carbocycles. The molecule has 7 heteroatoms. The third-order valence-electron chi connectivity index (χ3n) is 4.93. The highest BCUT2D eigenvalue weighted by atomic mass is 28.3. The molecule has 154 valence electrons. The van der Waals surface area contributed by atoms with Crippen molar-refractivity contribution in [3.8, 4) is 17.6 Å². The van der Waals surface area contributed by atoms with Crippen LogP contribution in [-0.2, 0) is 0 Å². The molecule has 1 aromatic carbocycles. The van der Waals surface area contributed by atoms with E-state index in [4.69, 9.17) is 0 Å². The van der Waals surface area contributed by atoms with Crippen molar-refractivity contribution in [1.29, 1.82) is 0 Å². The van der Waals surface area contributed by atoms with Crippen LogP contribution in [0.1, 0.15) is 38.2 Å². The Balaban J connectivity index is 1.78. The largest absolute Gasteiger partial charge is 0.573 e. The second kappa shape index (κ2) is 10.7. The van der Waals surface area contributed by atoms with Gasteiger partial charge in [-0.15, -0.1) is 13.2 Å². The molecule has 2 rings (SSSR count). The fourth-order valence-corrected chi connectivity index (χ4v) is 6.93. The summed E-state index contributed by atoms with van der Waals surface area (Å²) in [6, 6.07) is 6.91. The number of alkyl halides is 4. The van der Waals surface area contributed by atoms with Gasteiger partial charge in [-0.25, -0.2) is 8.78 Å². The second-order valence-corrected chi connectivity index (χ2v) is 10.8. The lowest BCUT2D eigenvalue weighted by molar-refractivity contribution is -0.275. The van der Waals surface area contributed by atoms with Crippen molar-refractivity contribution in [3.05, 3.63) is 41.7 Å². The molecule has 0 radical (unpaired) electrons. The molecule has 1 atom stereocenters. The van der Waals surface area contributed by atoms with Crippen LogP contribution >= 0.6 is 0 Å². The zero-order valence-electron chi connectivity index (χ0n) is 15.9. The highest BCUT2D eigenvalue weighted by molar-refractivity contribution is 6.58. The Bertz CT molecular complexity index is 710. The minimum Gasteiger partial charge on any atom is -0.403 e. The van der Waals surface area contributed by atoms with Gasteiger partial charge in [0.15, 0.2) is 11.6 Å². The monoisotopic (exact) mass is 416 g/mol. The van der Waals surface area contributed by atoms with Crippen LogP contribution in [-0.4, -0.2) is 21.3 Å². The minimum absolute atomic E-state index is 0.287. The molecule has 0 amide bonds. The predicted octanol–water partition coefficient (Wildman–Crippen LogP) is 6.41. The van der Waals surface area contributed by atoms with Crippen molar-refractivity contribution in [3.63, 3.8) is 0 Å². The SMILES string of the molecule is CC(F)CCC[Si@H]1CC[C@H](/C=C/C#Cc2ccc(OC(F)(F)F)c(F)c2)CC1. The summed E-state index contributed by atoms with van der Waals surface area (Å²) in [5, 5.41) is 0. The first-order chi connectivity index (χ1) is 13.2. The van der Waals surface area contributed by atoms with E-state index in [1.54, 1.807) is 13.0 Å². The number of benzene rings is 1. The number of ether oxygens (including phenoxy) is 1. The third-order valence-corrected chi connectivity index (χ3v) is 8.46. The van der Waals surface area contributed by atoms with Crippen LogP contribution in [0, 0.1) is 23.6 Å². The maximum Gasteiger partial charge on any atom is 0.573 e. The molecule has 0 N–H and O–H groups in total. The van der Waals surface area contributed by atoms with Gasteiger partial charge in [-0.05, 0) is 56.4 Å². The molecule has 1 heterocycles. The molecule has 0 aromatic heterocycles. The van der Waals surface area contributed by atoms with Gasteiger partial charge in [-0.1, -0.05) is 42.5 Å². The van der Waals surface area contributed by atoms with Crippen LogP contribution in [0.4, 0.5) is 22.0 Å². The van der Waals surface area contributed by atoms with Crippen LogP contribution in [0.3, 0.4) is 0 Å². The van der Waals surface area contributed by atoms with E-state index >= 15 is 0 Å². The summed E-state index contributed by atoms with van der Waals surface area (Å²) < 4.78 is 66.4. The molecule has 1 nitrogen and oxygen atoms in total. The molecule has 0 aliphatic carbocycles. The lowest BCUT2D eigenvalue weighted by Crippen LogP contribution is -2.20. The van der Waals surface area contributed by atoms with E-state index in [-0.39, 0.29) is 5.56 Å². The van der Waals surface area contributed by atoms with Gasteiger partial charge in [0.1, 0.15) is 0 Å². The molecule has 1 aromatic rings. The lowest BCUT2D eigenvalue weighted by atomic mass is 10.0. The summed E-state index contributed by atoms with van der Waals surface area (Å²) in [6.45, 7) is 1.61. The Morgan fingerprint density at radius 1 is 1.29 bits per heavy atom. The molecular formula is C21H25F5OSi. The Morgan fingerprint density at radius 3 is 2.61 bits per heavy atom. The van der Waals surface area contributed by atoms with Crippen molar-refractivity contribution >= 4 is 8.80 Å². The number of hydrogen-bond donors (Lipinski definition) is 0. The smallest absolute Gasteiger partial charge is 0.403 e. The zero-order chi connectivity index (χ0) is 20.6. The number of hydrogen-bond acceptors (Lipinski definition) is 1. The van der Waals surface area contributed by atoms with E-state index in [2.05, 4.69) is 22.7 Å². The van der Waals surface area contributed by atoms with Gasteiger partial charge in [-0.2, -0.15) is 0 Å². The lowest BCUT2D eigenvalue weighted by Gasteiger charge is -2.25. The predicted molar refractivity (Wildman–Crippen MR) is 103 cm³/mol. The van der Waals surface area contributed by atoms with Crippen LogP contribution in [0.25, 0.3) is 0 Å². The van der Waals surface area contributed by atoms with Crippen LogP contribution in [0.2, 0.25) is 18.1 Å². The van der Waals surface area contributed by atoms with E-state index in [1.807, 2.05) is 0 Å². The molecule has 1 fully saturated rings. The maximum absolute atomic E-state index is 13.6. The average molecular weight is 417 g/mol. The highest BCUT2D eigenvalue weighted by Gasteiger charge is 2.32. The van der Waals surface area contributed by atoms with Crippen LogP contribution in [0.15, 0.2) is 30.4 Å². The quantitative estimate of drug-likeness (QED) is 0.296. The van der Waals surface area contributed by atoms with Gasteiger partial charge in [-0.3, -0.25) is 0 Å². The minimum atomic E-state index is -4.93. The van der Waals surface area contributed by atoms with Crippen LogP contribution in [0.5, 0.6) is 5.75 Å². The van der Waals surface area contributed by atoms with Crippen molar-refractivity contribution < 1.29 is 26.7 Å². The van der Waals surface area contributed by atoms with Crippen molar-refractivity contribution in [1.82, 2.24) is 0 Å². The van der Waals surface area contributed by atoms with Gasteiger partial charge >= 0.3 is 6.36 Å². The topological polar surface area (TPSA) is 9.23 Å². The Hall–Kier alpha value is -1.81. The molecule has 0 bridgehead atoms. The molecule has 1 unspecified atom stereocenters. The standard InChI is InChI=1S/C21H25F5OSi/c1-16(22)5-4-12-28-13-10-17(11-14-28)6-2-3-7-18-8-9-20(19(23)15-18)27-21(24,25)26/h2,6,8-9,15-17,28H,4-5,10-14H2,1H3/b6-2+/t16?,17-,28-.